The van der Waals surface area contributed by atoms with Crippen molar-refractivity contribution in [3.8, 4) is 5.88 Å². The van der Waals surface area contributed by atoms with E-state index >= 15 is 0 Å². The number of nitrogens with one attached hydrogen (secondary N) is 1. The van der Waals surface area contributed by atoms with Gasteiger partial charge in [-0.15, -0.1) is 0 Å². The van der Waals surface area contributed by atoms with Crippen molar-refractivity contribution in [2.75, 3.05) is 12.4 Å². The Labute approximate surface area is 113 Å². The molecule has 0 aliphatic heterocycles. The van der Waals surface area contributed by atoms with Crippen LogP contribution in [0.2, 0.25) is 0 Å². The Morgan fingerprint density at radius 3 is 2.74 bits per heavy atom. The van der Waals surface area contributed by atoms with Crippen LogP contribution >= 0.6 is 0 Å². The van der Waals surface area contributed by atoms with E-state index in [0.717, 1.165) is 17.7 Å². The van der Waals surface area contributed by atoms with Crippen LogP contribution in [0.1, 0.15) is 18.1 Å². The van der Waals surface area contributed by atoms with Gasteiger partial charge in [-0.2, -0.15) is 4.98 Å². The van der Waals surface area contributed by atoms with Gasteiger partial charge >= 0.3 is 0 Å². The van der Waals surface area contributed by atoms with Gasteiger partial charge in [-0.1, -0.05) is 19.1 Å². The van der Waals surface area contributed by atoms with Crippen molar-refractivity contribution in [1.29, 1.82) is 0 Å². The third-order valence-electron chi connectivity index (χ3n) is 2.86. The molecule has 0 atom stereocenters. The Morgan fingerprint density at radius 2 is 2.05 bits per heavy atom. The van der Waals surface area contributed by atoms with E-state index in [0.29, 0.717) is 11.7 Å². The number of aromatic nitrogens is 1. The fourth-order valence-electron chi connectivity index (χ4n) is 1.84. The highest BCUT2D eigenvalue weighted by atomic mass is 16.5. The summed E-state index contributed by atoms with van der Waals surface area (Å²) in [6.45, 7) is 2.08. The van der Waals surface area contributed by atoms with Gasteiger partial charge in [0.25, 0.3) is 0 Å². The Balaban J connectivity index is 2.26. The second-order valence-electron chi connectivity index (χ2n) is 4.24. The van der Waals surface area contributed by atoms with E-state index in [1.54, 1.807) is 19.2 Å². The fourth-order valence-corrected chi connectivity index (χ4v) is 1.84. The van der Waals surface area contributed by atoms with Crippen molar-refractivity contribution in [2.45, 2.75) is 20.0 Å². The van der Waals surface area contributed by atoms with Gasteiger partial charge in [0.15, 0.2) is 0 Å². The van der Waals surface area contributed by atoms with Crippen molar-refractivity contribution < 1.29 is 9.84 Å². The molecule has 0 aliphatic rings. The number of aliphatic hydroxyl groups is 1. The molecule has 1 aromatic carbocycles. The molecule has 1 aromatic heterocycles. The van der Waals surface area contributed by atoms with Crippen molar-refractivity contribution >= 4 is 11.5 Å². The molecule has 2 N–H and O–H groups in total. The first-order chi connectivity index (χ1) is 9.25. The van der Waals surface area contributed by atoms with E-state index in [9.17, 15) is 5.11 Å². The van der Waals surface area contributed by atoms with E-state index in [4.69, 9.17) is 4.74 Å². The maximum atomic E-state index is 9.22. The van der Waals surface area contributed by atoms with E-state index < -0.39 is 0 Å². The molecular formula is C15H18N2O2. The zero-order valence-electron chi connectivity index (χ0n) is 11.2. The Kier molecular flexibility index (Phi) is 4.36. The van der Waals surface area contributed by atoms with Crippen molar-refractivity contribution in [1.82, 2.24) is 4.98 Å². The third-order valence-corrected chi connectivity index (χ3v) is 2.86. The van der Waals surface area contributed by atoms with Crippen LogP contribution in [0.5, 0.6) is 5.88 Å². The first-order valence-corrected chi connectivity index (χ1v) is 6.27. The molecule has 0 unspecified atom stereocenters. The topological polar surface area (TPSA) is 54.4 Å². The summed E-state index contributed by atoms with van der Waals surface area (Å²) >= 11 is 0. The standard InChI is InChI=1S/C15H18N2O2/c1-3-11-5-4-6-13(7-11)16-14-8-12(10-18)9-15(17-14)19-2/h4-9,18H,3,10H2,1-2H3,(H,16,17). The number of aryl methyl sites for hydroxylation is 1. The molecule has 2 rings (SSSR count). The minimum atomic E-state index is -0.0391. The van der Waals surface area contributed by atoms with Gasteiger partial charge in [0.1, 0.15) is 5.82 Å². The van der Waals surface area contributed by atoms with Gasteiger partial charge < -0.3 is 15.2 Å². The van der Waals surface area contributed by atoms with Crippen LogP contribution in [0.15, 0.2) is 36.4 Å². The van der Waals surface area contributed by atoms with Crippen LogP contribution in [0, 0.1) is 0 Å². The highest BCUT2D eigenvalue weighted by molar-refractivity contribution is 5.58. The third kappa shape index (κ3) is 3.45. The largest absolute Gasteiger partial charge is 0.481 e. The summed E-state index contributed by atoms with van der Waals surface area (Å²) in [6.07, 6.45) is 0.989. The van der Waals surface area contributed by atoms with Crippen LogP contribution in [0.3, 0.4) is 0 Å². The number of ether oxygens (including phenoxy) is 1. The molecule has 100 valence electrons. The summed E-state index contributed by atoms with van der Waals surface area (Å²) in [6, 6.07) is 11.7. The van der Waals surface area contributed by atoms with Crippen molar-refractivity contribution in [3.05, 3.63) is 47.5 Å². The average molecular weight is 258 g/mol. The number of aliphatic hydroxyl groups excluding tert-OH is 1. The number of hydrogen-bond donors (Lipinski definition) is 2. The molecule has 19 heavy (non-hydrogen) atoms. The molecule has 2 aromatic rings. The molecular weight excluding hydrogens is 240 g/mol. The molecule has 0 saturated heterocycles. The van der Waals surface area contributed by atoms with Crippen molar-refractivity contribution in [2.24, 2.45) is 0 Å². The monoisotopic (exact) mass is 258 g/mol. The zero-order valence-corrected chi connectivity index (χ0v) is 11.2. The molecule has 0 fully saturated rings. The van der Waals surface area contributed by atoms with Crippen molar-refractivity contribution in [3.63, 3.8) is 0 Å². The quantitative estimate of drug-likeness (QED) is 0.866. The number of benzene rings is 1. The predicted molar refractivity (Wildman–Crippen MR) is 75.8 cm³/mol. The molecule has 0 bridgehead atoms. The van der Waals surface area contributed by atoms with Gasteiger partial charge in [-0.3, -0.25) is 0 Å². The van der Waals surface area contributed by atoms with E-state index in [2.05, 4.69) is 29.4 Å². The molecule has 0 saturated carbocycles. The number of nitrogens with zero attached hydrogens (tertiary/aromatic N) is 1. The molecule has 0 radical (unpaired) electrons. The minimum absolute atomic E-state index is 0.0391. The van der Waals surface area contributed by atoms with E-state index in [-0.39, 0.29) is 6.61 Å². The van der Waals surface area contributed by atoms with Crippen LogP contribution in [0.25, 0.3) is 0 Å². The Bertz CT molecular complexity index is 533. The van der Waals surface area contributed by atoms with Gasteiger partial charge in [0.2, 0.25) is 5.88 Å². The smallest absolute Gasteiger partial charge is 0.215 e. The normalized spacial score (nSPS) is 10.3. The summed E-state index contributed by atoms with van der Waals surface area (Å²) in [7, 11) is 1.56. The highest BCUT2D eigenvalue weighted by Crippen LogP contribution is 2.21. The number of pyridine rings is 1. The van der Waals surface area contributed by atoms with Crippen LogP contribution in [-0.2, 0) is 13.0 Å². The first-order valence-electron chi connectivity index (χ1n) is 6.27. The molecule has 4 nitrogen and oxygen atoms in total. The molecule has 4 heteroatoms. The zero-order chi connectivity index (χ0) is 13.7. The molecule has 0 spiro atoms. The van der Waals surface area contributed by atoms with Crippen LogP contribution < -0.4 is 10.1 Å². The highest BCUT2D eigenvalue weighted by Gasteiger charge is 2.03. The lowest BCUT2D eigenvalue weighted by atomic mass is 10.1. The molecule has 1 heterocycles. The summed E-state index contributed by atoms with van der Waals surface area (Å²) in [5, 5.41) is 12.4. The molecule has 0 aliphatic carbocycles. The molecule has 0 amide bonds. The van der Waals surface area contributed by atoms with E-state index in [1.165, 1.54) is 5.56 Å². The maximum Gasteiger partial charge on any atom is 0.215 e. The lowest BCUT2D eigenvalue weighted by molar-refractivity contribution is 0.280. The minimum Gasteiger partial charge on any atom is -0.481 e. The summed E-state index contributed by atoms with van der Waals surface area (Å²) in [4.78, 5) is 4.31. The second kappa shape index (κ2) is 6.20. The predicted octanol–water partition coefficient (Wildman–Crippen LogP) is 2.89. The van der Waals surface area contributed by atoms with Gasteiger partial charge in [0.05, 0.1) is 13.7 Å². The number of rotatable bonds is 5. The lowest BCUT2D eigenvalue weighted by Crippen LogP contribution is -1.98. The second-order valence-corrected chi connectivity index (χ2v) is 4.24. The Morgan fingerprint density at radius 1 is 1.21 bits per heavy atom. The summed E-state index contributed by atoms with van der Waals surface area (Å²) < 4.78 is 5.12. The Hall–Kier alpha value is -2.07. The fraction of sp³-hybridized carbons (Fsp3) is 0.267. The number of hydrogen-bond acceptors (Lipinski definition) is 4. The number of anilines is 2. The lowest BCUT2D eigenvalue weighted by Gasteiger charge is -2.10. The van der Waals surface area contributed by atoms with Gasteiger partial charge in [-0.05, 0) is 35.7 Å². The van der Waals surface area contributed by atoms with Crippen LogP contribution in [-0.4, -0.2) is 17.2 Å². The summed E-state index contributed by atoms with van der Waals surface area (Å²) in [5.41, 5.74) is 3.00. The average Bonchev–Trinajstić information content (AvgIpc) is 2.47. The van der Waals surface area contributed by atoms with Gasteiger partial charge in [0, 0.05) is 11.8 Å². The number of methoxy groups -OCH3 is 1. The SMILES string of the molecule is CCc1cccc(Nc2cc(CO)cc(OC)n2)c1. The van der Waals surface area contributed by atoms with Crippen LogP contribution in [0.4, 0.5) is 11.5 Å². The summed E-state index contributed by atoms with van der Waals surface area (Å²) in [5.74, 6) is 1.15. The maximum absolute atomic E-state index is 9.22. The first kappa shape index (κ1) is 13.4. The van der Waals surface area contributed by atoms with E-state index in [1.807, 2.05) is 12.1 Å². The van der Waals surface area contributed by atoms with Gasteiger partial charge in [-0.25, -0.2) is 0 Å².